The van der Waals surface area contributed by atoms with E-state index in [1.165, 1.54) is 11.0 Å². The van der Waals surface area contributed by atoms with E-state index in [1.54, 1.807) is 12.4 Å². The van der Waals surface area contributed by atoms with Gasteiger partial charge in [0.25, 0.3) is 5.56 Å². The molecule has 1 fully saturated rings. The number of anilines is 3. The second kappa shape index (κ2) is 7.24. The second-order valence-corrected chi connectivity index (χ2v) is 7.74. The van der Waals surface area contributed by atoms with E-state index in [2.05, 4.69) is 22.5 Å². The molecule has 7 heteroatoms. The summed E-state index contributed by atoms with van der Waals surface area (Å²) in [6.07, 6.45) is 6.72. The topological polar surface area (TPSA) is 92.1 Å². The van der Waals surface area contributed by atoms with Gasteiger partial charge < -0.3 is 20.3 Å². The number of aromatic nitrogens is 3. The van der Waals surface area contributed by atoms with E-state index < -0.39 is 0 Å². The van der Waals surface area contributed by atoms with E-state index in [1.807, 2.05) is 31.2 Å². The zero-order valence-electron chi connectivity index (χ0n) is 16.2. The fourth-order valence-corrected chi connectivity index (χ4v) is 3.59. The molecule has 1 aliphatic rings. The molecule has 1 saturated carbocycles. The van der Waals surface area contributed by atoms with Gasteiger partial charge in [-0.2, -0.15) is 0 Å². The Morgan fingerprint density at radius 2 is 2.07 bits per heavy atom. The highest BCUT2D eigenvalue weighted by Gasteiger charge is 2.32. The number of pyridine rings is 3. The summed E-state index contributed by atoms with van der Waals surface area (Å²) in [4.78, 5) is 22.0. The van der Waals surface area contributed by atoms with Crippen LogP contribution in [0.2, 0.25) is 0 Å². The molecule has 0 atom stereocenters. The predicted octanol–water partition coefficient (Wildman–Crippen LogP) is 3.19. The summed E-state index contributed by atoms with van der Waals surface area (Å²) in [5.41, 5.74) is 0.903. The summed E-state index contributed by atoms with van der Waals surface area (Å²) in [6.45, 7) is 4.34. The van der Waals surface area contributed by atoms with Crippen LogP contribution in [-0.2, 0) is 6.54 Å². The lowest BCUT2D eigenvalue weighted by Crippen LogP contribution is -2.42. The zero-order valence-corrected chi connectivity index (χ0v) is 16.2. The van der Waals surface area contributed by atoms with Gasteiger partial charge in [-0.1, -0.05) is 0 Å². The van der Waals surface area contributed by atoms with Crippen molar-refractivity contribution >= 4 is 28.2 Å². The molecule has 28 heavy (non-hydrogen) atoms. The lowest BCUT2D eigenvalue weighted by atomic mass is 9.78. The van der Waals surface area contributed by atoms with Crippen molar-refractivity contribution in [3.63, 3.8) is 0 Å². The molecule has 7 nitrogen and oxygen atoms in total. The van der Waals surface area contributed by atoms with Gasteiger partial charge in [-0.05, 0) is 68.3 Å². The van der Waals surface area contributed by atoms with Crippen LogP contribution in [0.4, 0.5) is 17.5 Å². The minimum absolute atomic E-state index is 0.0514. The molecule has 0 aromatic carbocycles. The molecule has 3 N–H and O–H groups in total. The molecule has 3 heterocycles. The van der Waals surface area contributed by atoms with E-state index >= 15 is 0 Å². The smallest absolute Gasteiger partial charge is 0.262 e. The van der Waals surface area contributed by atoms with Gasteiger partial charge in [0, 0.05) is 24.5 Å². The molecule has 3 aromatic heterocycles. The van der Waals surface area contributed by atoms with Crippen molar-refractivity contribution in [3.05, 3.63) is 52.6 Å². The van der Waals surface area contributed by atoms with Gasteiger partial charge in [0.2, 0.25) is 0 Å². The van der Waals surface area contributed by atoms with Crippen molar-refractivity contribution in [2.75, 3.05) is 17.2 Å². The summed E-state index contributed by atoms with van der Waals surface area (Å²) < 4.78 is 1.52. The van der Waals surface area contributed by atoms with Crippen LogP contribution < -0.4 is 16.2 Å². The number of aliphatic hydroxyl groups excluding tert-OH is 1. The van der Waals surface area contributed by atoms with Crippen molar-refractivity contribution in [1.29, 1.82) is 0 Å². The quantitative estimate of drug-likeness (QED) is 0.609. The van der Waals surface area contributed by atoms with Gasteiger partial charge in [-0.15, -0.1) is 0 Å². The first-order valence-electron chi connectivity index (χ1n) is 9.60. The summed E-state index contributed by atoms with van der Waals surface area (Å²) in [5, 5.41) is 17.3. The van der Waals surface area contributed by atoms with E-state index in [9.17, 15) is 9.90 Å². The van der Waals surface area contributed by atoms with Crippen molar-refractivity contribution < 1.29 is 5.11 Å². The number of hydrogen-bond donors (Lipinski definition) is 3. The molecule has 0 saturated heterocycles. The molecule has 146 valence electrons. The van der Waals surface area contributed by atoms with Gasteiger partial charge in [0.1, 0.15) is 17.5 Å². The van der Waals surface area contributed by atoms with E-state index in [4.69, 9.17) is 4.98 Å². The highest BCUT2D eigenvalue weighted by molar-refractivity contribution is 5.93. The Morgan fingerprint density at radius 3 is 2.75 bits per heavy atom. The number of rotatable bonds is 6. The van der Waals surface area contributed by atoms with Crippen molar-refractivity contribution in [2.24, 2.45) is 0 Å². The van der Waals surface area contributed by atoms with Crippen LogP contribution >= 0.6 is 0 Å². The van der Waals surface area contributed by atoms with Crippen LogP contribution in [0.5, 0.6) is 0 Å². The fourth-order valence-electron chi connectivity index (χ4n) is 3.59. The number of aliphatic hydroxyl groups is 1. The molecule has 1 aliphatic carbocycles. The number of fused-ring (bicyclic) bond motifs is 1. The third kappa shape index (κ3) is 3.57. The Bertz CT molecular complexity index is 1070. The molecule has 0 spiro atoms. The Balaban J connectivity index is 1.81. The summed E-state index contributed by atoms with van der Waals surface area (Å²) in [7, 11) is 0. The van der Waals surface area contributed by atoms with Crippen molar-refractivity contribution in [2.45, 2.75) is 45.2 Å². The van der Waals surface area contributed by atoms with Crippen LogP contribution in [0, 0.1) is 6.92 Å². The number of nitrogens with one attached hydrogen (secondary N) is 2. The first-order valence-corrected chi connectivity index (χ1v) is 9.60. The molecule has 0 amide bonds. The van der Waals surface area contributed by atoms with Crippen LogP contribution in [0.25, 0.3) is 10.8 Å². The normalized spacial score (nSPS) is 15.2. The Hall–Kier alpha value is -2.93. The summed E-state index contributed by atoms with van der Waals surface area (Å²) in [6, 6.07) is 7.63. The average molecular weight is 379 g/mol. The van der Waals surface area contributed by atoms with E-state index in [0.29, 0.717) is 22.8 Å². The summed E-state index contributed by atoms with van der Waals surface area (Å²) >= 11 is 0. The van der Waals surface area contributed by atoms with Crippen LogP contribution in [0.3, 0.4) is 0 Å². The molecule has 0 bridgehead atoms. The van der Waals surface area contributed by atoms with Gasteiger partial charge in [-0.3, -0.25) is 4.79 Å². The Labute approximate surface area is 163 Å². The molecule has 0 unspecified atom stereocenters. The first kappa shape index (κ1) is 18.4. The molecule has 3 aromatic rings. The monoisotopic (exact) mass is 379 g/mol. The maximum Gasteiger partial charge on any atom is 0.262 e. The largest absolute Gasteiger partial charge is 0.395 e. The molecule has 0 aliphatic heterocycles. The maximum absolute atomic E-state index is 13.0. The average Bonchev–Trinajstić information content (AvgIpc) is 2.63. The Morgan fingerprint density at radius 1 is 1.25 bits per heavy atom. The Kier molecular flexibility index (Phi) is 4.77. The molecule has 0 radical (unpaired) electrons. The third-order valence-electron chi connectivity index (χ3n) is 5.35. The fraction of sp³-hybridized carbons (Fsp3) is 0.381. The standard InChI is InChI=1S/C21H25N5O2/c1-14-4-8-22-16(12-14)23-17-13-15-5-9-26(10-11-27)20(28)18(15)19(24-17)25-21(2)6-3-7-21/h4-5,8-9,12-13,27H,3,6-7,10-11H2,1-2H3,(H2,22,23,24,25). The summed E-state index contributed by atoms with van der Waals surface area (Å²) in [5.74, 6) is 1.92. The molecular formula is C21H25N5O2. The van der Waals surface area contributed by atoms with Gasteiger partial charge in [-0.25, -0.2) is 9.97 Å². The second-order valence-electron chi connectivity index (χ2n) is 7.74. The highest BCUT2D eigenvalue weighted by Crippen LogP contribution is 2.36. The minimum atomic E-state index is -0.148. The highest BCUT2D eigenvalue weighted by atomic mass is 16.3. The lowest BCUT2D eigenvalue weighted by Gasteiger charge is -2.39. The van der Waals surface area contributed by atoms with Gasteiger partial charge >= 0.3 is 0 Å². The third-order valence-corrected chi connectivity index (χ3v) is 5.35. The molecular weight excluding hydrogens is 354 g/mol. The SMILES string of the molecule is Cc1ccnc(Nc2cc3ccn(CCO)c(=O)c3c(NC3(C)CCC3)n2)c1. The number of hydrogen-bond acceptors (Lipinski definition) is 6. The van der Waals surface area contributed by atoms with Crippen LogP contribution in [0.15, 0.2) is 41.5 Å². The van der Waals surface area contributed by atoms with Gasteiger partial charge in [0.15, 0.2) is 0 Å². The van der Waals surface area contributed by atoms with Crippen LogP contribution in [-0.4, -0.2) is 31.8 Å². The van der Waals surface area contributed by atoms with Gasteiger partial charge in [0.05, 0.1) is 12.0 Å². The maximum atomic E-state index is 13.0. The lowest BCUT2D eigenvalue weighted by molar-refractivity contribution is 0.274. The number of nitrogens with zero attached hydrogens (tertiary/aromatic N) is 3. The van der Waals surface area contributed by atoms with Crippen molar-refractivity contribution in [1.82, 2.24) is 14.5 Å². The zero-order chi connectivity index (χ0) is 19.7. The van der Waals surface area contributed by atoms with E-state index in [-0.39, 0.29) is 24.2 Å². The predicted molar refractivity (Wildman–Crippen MR) is 111 cm³/mol. The van der Waals surface area contributed by atoms with E-state index in [0.717, 1.165) is 23.8 Å². The minimum Gasteiger partial charge on any atom is -0.395 e. The number of aryl methyl sites for hydroxylation is 1. The van der Waals surface area contributed by atoms with Crippen molar-refractivity contribution in [3.8, 4) is 0 Å². The van der Waals surface area contributed by atoms with Crippen LogP contribution in [0.1, 0.15) is 31.7 Å². The first-order chi connectivity index (χ1) is 13.5. The molecule has 4 rings (SSSR count).